The smallest absolute Gasteiger partial charge is 0.338 e. The van der Waals surface area contributed by atoms with Gasteiger partial charge in [-0.25, -0.2) is 9.18 Å². The molecule has 1 fully saturated rings. The predicted molar refractivity (Wildman–Crippen MR) is 53.5 cm³/mol. The van der Waals surface area contributed by atoms with E-state index in [0.717, 1.165) is 6.07 Å². The second-order valence-corrected chi connectivity index (χ2v) is 3.24. The summed E-state index contributed by atoms with van der Waals surface area (Å²) in [5, 5.41) is 11.4. The standard InChI is InChI=1S/C7H5FO2S.C2H5N/c8-6-2-1-4(11)3-5(6)7(9)10;1-2-3-1/h1-3,11H,(H,9,10);3H,1-2H2. The quantitative estimate of drug-likeness (QED) is 0.490. The molecule has 2 rings (SSSR count). The highest BCUT2D eigenvalue weighted by Gasteiger charge is 2.08. The number of carboxylic acids is 1. The van der Waals surface area contributed by atoms with E-state index in [9.17, 15) is 9.18 Å². The van der Waals surface area contributed by atoms with Gasteiger partial charge in [-0.3, -0.25) is 0 Å². The summed E-state index contributed by atoms with van der Waals surface area (Å²) in [5.41, 5.74) is -0.350. The van der Waals surface area contributed by atoms with Crippen molar-refractivity contribution in [1.29, 1.82) is 0 Å². The van der Waals surface area contributed by atoms with Crippen molar-refractivity contribution in [1.82, 2.24) is 5.32 Å². The molecule has 0 atom stereocenters. The molecule has 14 heavy (non-hydrogen) atoms. The van der Waals surface area contributed by atoms with E-state index in [1.165, 1.54) is 25.2 Å². The van der Waals surface area contributed by atoms with E-state index >= 15 is 0 Å². The van der Waals surface area contributed by atoms with Gasteiger partial charge in [0.25, 0.3) is 0 Å². The molecule has 1 aliphatic rings. The number of halogens is 1. The first-order chi connectivity index (χ1) is 6.61. The molecule has 1 aliphatic heterocycles. The number of hydrogen-bond donors (Lipinski definition) is 3. The zero-order valence-corrected chi connectivity index (χ0v) is 8.22. The Morgan fingerprint density at radius 2 is 2.07 bits per heavy atom. The minimum absolute atomic E-state index is 0.350. The van der Waals surface area contributed by atoms with E-state index in [4.69, 9.17) is 5.11 Å². The second kappa shape index (κ2) is 4.97. The van der Waals surface area contributed by atoms with Gasteiger partial charge in [0.15, 0.2) is 0 Å². The van der Waals surface area contributed by atoms with Crippen molar-refractivity contribution in [2.45, 2.75) is 4.90 Å². The van der Waals surface area contributed by atoms with Gasteiger partial charge in [0.2, 0.25) is 0 Å². The lowest BCUT2D eigenvalue weighted by atomic mass is 10.2. The third-order valence-corrected chi connectivity index (χ3v) is 1.71. The number of hydrogen-bond acceptors (Lipinski definition) is 3. The summed E-state index contributed by atoms with van der Waals surface area (Å²) < 4.78 is 12.6. The van der Waals surface area contributed by atoms with Crippen molar-refractivity contribution in [3.63, 3.8) is 0 Å². The molecule has 0 aliphatic carbocycles. The molecule has 1 heterocycles. The van der Waals surface area contributed by atoms with Crippen molar-refractivity contribution >= 4 is 18.6 Å². The van der Waals surface area contributed by atoms with Crippen LogP contribution in [0.2, 0.25) is 0 Å². The Morgan fingerprint density at radius 3 is 2.43 bits per heavy atom. The second-order valence-electron chi connectivity index (χ2n) is 2.72. The Hall–Kier alpha value is -1.07. The van der Waals surface area contributed by atoms with Crippen LogP contribution < -0.4 is 5.32 Å². The Kier molecular flexibility index (Phi) is 3.91. The van der Waals surface area contributed by atoms with Crippen molar-refractivity contribution in [2.75, 3.05) is 13.1 Å². The summed E-state index contributed by atoms with van der Waals surface area (Å²) in [6.07, 6.45) is 0. The summed E-state index contributed by atoms with van der Waals surface area (Å²) in [4.78, 5) is 10.7. The van der Waals surface area contributed by atoms with Crippen LogP contribution in [-0.4, -0.2) is 24.2 Å². The van der Waals surface area contributed by atoms with E-state index in [-0.39, 0.29) is 5.56 Å². The lowest BCUT2D eigenvalue weighted by molar-refractivity contribution is 0.0691. The van der Waals surface area contributed by atoms with Gasteiger partial charge in [-0.2, -0.15) is 0 Å². The molecular formula is C9H10FNO2S. The van der Waals surface area contributed by atoms with Crippen LogP contribution in [0.25, 0.3) is 0 Å². The average Bonchev–Trinajstić information content (AvgIpc) is 2.95. The number of aromatic carboxylic acids is 1. The molecule has 5 heteroatoms. The van der Waals surface area contributed by atoms with Crippen molar-refractivity contribution in [2.24, 2.45) is 0 Å². The van der Waals surface area contributed by atoms with Gasteiger partial charge >= 0.3 is 5.97 Å². The highest BCUT2D eigenvalue weighted by atomic mass is 32.1. The summed E-state index contributed by atoms with van der Waals surface area (Å²) in [5.74, 6) is -2.02. The van der Waals surface area contributed by atoms with Crippen LogP contribution in [0.1, 0.15) is 10.4 Å². The molecule has 3 nitrogen and oxygen atoms in total. The van der Waals surface area contributed by atoms with E-state index < -0.39 is 11.8 Å². The fourth-order valence-electron chi connectivity index (χ4n) is 0.677. The summed E-state index contributed by atoms with van der Waals surface area (Å²) in [6, 6.07) is 3.64. The average molecular weight is 215 g/mol. The van der Waals surface area contributed by atoms with E-state index in [1.54, 1.807) is 0 Å². The van der Waals surface area contributed by atoms with Crippen LogP contribution >= 0.6 is 12.6 Å². The van der Waals surface area contributed by atoms with Crippen LogP contribution in [0.5, 0.6) is 0 Å². The Balaban J connectivity index is 0.000000276. The molecule has 0 unspecified atom stereocenters. The molecule has 2 N–H and O–H groups in total. The molecule has 1 aromatic rings. The number of nitrogens with one attached hydrogen (secondary N) is 1. The maximum Gasteiger partial charge on any atom is 0.338 e. The summed E-state index contributed by atoms with van der Waals surface area (Å²) in [7, 11) is 0. The third kappa shape index (κ3) is 3.76. The molecule has 1 saturated heterocycles. The Bertz CT molecular complexity index is 339. The van der Waals surface area contributed by atoms with Gasteiger partial charge in [-0.05, 0) is 18.2 Å². The Labute approximate surface area is 86.4 Å². The number of rotatable bonds is 1. The predicted octanol–water partition coefficient (Wildman–Crippen LogP) is 1.40. The van der Waals surface area contributed by atoms with Crippen molar-refractivity contribution in [3.05, 3.63) is 29.6 Å². The minimum atomic E-state index is -1.28. The van der Waals surface area contributed by atoms with Gasteiger partial charge in [-0.1, -0.05) is 0 Å². The van der Waals surface area contributed by atoms with Crippen molar-refractivity contribution in [3.8, 4) is 0 Å². The van der Waals surface area contributed by atoms with Crippen LogP contribution in [0.15, 0.2) is 23.1 Å². The normalized spacial score (nSPS) is 12.7. The van der Waals surface area contributed by atoms with Gasteiger partial charge < -0.3 is 10.4 Å². The molecule has 1 aromatic carbocycles. The lowest BCUT2D eigenvalue weighted by Crippen LogP contribution is -1.99. The molecule has 76 valence electrons. The van der Waals surface area contributed by atoms with Crippen molar-refractivity contribution < 1.29 is 14.3 Å². The van der Waals surface area contributed by atoms with Gasteiger partial charge in [0.1, 0.15) is 5.82 Å². The van der Waals surface area contributed by atoms with E-state index in [2.05, 4.69) is 17.9 Å². The van der Waals surface area contributed by atoms with Gasteiger partial charge in [-0.15, -0.1) is 12.6 Å². The zero-order valence-electron chi connectivity index (χ0n) is 7.33. The third-order valence-electron chi connectivity index (χ3n) is 1.43. The van der Waals surface area contributed by atoms with Gasteiger partial charge in [0, 0.05) is 18.0 Å². The van der Waals surface area contributed by atoms with Crippen LogP contribution in [0.4, 0.5) is 4.39 Å². The molecule has 0 amide bonds. The number of benzene rings is 1. The zero-order chi connectivity index (χ0) is 10.6. The minimum Gasteiger partial charge on any atom is -0.478 e. The largest absolute Gasteiger partial charge is 0.478 e. The fraction of sp³-hybridized carbons (Fsp3) is 0.222. The van der Waals surface area contributed by atoms with Crippen LogP contribution in [0, 0.1) is 5.82 Å². The fourth-order valence-corrected chi connectivity index (χ4v) is 0.881. The Morgan fingerprint density at radius 1 is 1.50 bits per heavy atom. The monoisotopic (exact) mass is 215 g/mol. The van der Waals surface area contributed by atoms with Gasteiger partial charge in [0.05, 0.1) is 5.56 Å². The van der Waals surface area contributed by atoms with E-state index in [1.807, 2.05) is 0 Å². The first-order valence-electron chi connectivity index (χ1n) is 4.04. The summed E-state index contributed by atoms with van der Waals surface area (Å²) in [6.45, 7) is 2.50. The maximum absolute atomic E-state index is 12.6. The molecule has 0 spiro atoms. The highest BCUT2D eigenvalue weighted by Crippen LogP contribution is 2.12. The number of thiol groups is 1. The molecule has 0 bridgehead atoms. The molecule has 0 radical (unpaired) electrons. The molecular weight excluding hydrogens is 205 g/mol. The van der Waals surface area contributed by atoms with Crippen LogP contribution in [-0.2, 0) is 0 Å². The van der Waals surface area contributed by atoms with E-state index in [0.29, 0.717) is 4.90 Å². The van der Waals surface area contributed by atoms with Crippen LogP contribution in [0.3, 0.4) is 0 Å². The number of carboxylic acid groups (broad SMARTS) is 1. The number of carbonyl (C=O) groups is 1. The summed E-state index contributed by atoms with van der Waals surface area (Å²) >= 11 is 3.87. The lowest BCUT2D eigenvalue weighted by Gasteiger charge is -1.96. The maximum atomic E-state index is 12.6. The first-order valence-corrected chi connectivity index (χ1v) is 4.48. The topological polar surface area (TPSA) is 59.2 Å². The molecule has 0 aromatic heterocycles. The molecule has 0 saturated carbocycles. The SMILES string of the molecule is C1CN1.O=C(O)c1cc(S)ccc1F. The first kappa shape index (κ1) is 11.0. The highest BCUT2D eigenvalue weighted by molar-refractivity contribution is 7.80.